The number of nitro groups is 1. The summed E-state index contributed by atoms with van der Waals surface area (Å²) in [5.74, 6) is -1.67. The first-order valence-electron chi connectivity index (χ1n) is 11.8. The number of hydrogen-bond acceptors (Lipinski definition) is 7. The zero-order valence-electron chi connectivity index (χ0n) is 20.9. The van der Waals surface area contributed by atoms with Crippen molar-refractivity contribution in [2.24, 2.45) is 10.2 Å². The Kier molecular flexibility index (Phi) is 6.29. The van der Waals surface area contributed by atoms with Crippen LogP contribution in [0, 0.1) is 24.0 Å². The van der Waals surface area contributed by atoms with Crippen molar-refractivity contribution < 1.29 is 25.0 Å². The number of hydrogen-bond donors (Lipinski definition) is 3. The number of phenolic OH excluding ortho intramolecular Hbond substituents is 1. The molecule has 0 bridgehead atoms. The van der Waals surface area contributed by atoms with Gasteiger partial charge in [-0.2, -0.15) is 0 Å². The topological polar surface area (TPSA) is 151 Å². The number of aromatic hydroxyl groups is 2. The largest absolute Gasteiger partial charge is 0.505 e. The van der Waals surface area contributed by atoms with E-state index in [0.29, 0.717) is 16.8 Å². The van der Waals surface area contributed by atoms with E-state index in [4.69, 9.17) is 0 Å². The van der Waals surface area contributed by atoms with Crippen molar-refractivity contribution in [3.8, 4) is 28.4 Å². The number of phenols is 1. The van der Waals surface area contributed by atoms with Crippen LogP contribution in [0.2, 0.25) is 0 Å². The predicted octanol–water partition coefficient (Wildman–Crippen LogP) is 7.35. The van der Waals surface area contributed by atoms with E-state index in [1.54, 1.807) is 24.3 Å². The number of nitrogens with zero attached hydrogens (tertiary/aromatic N) is 4. The molecule has 0 saturated heterocycles. The molecule has 5 rings (SSSR count). The quantitative estimate of drug-likeness (QED) is 0.120. The van der Waals surface area contributed by atoms with Gasteiger partial charge in [-0.3, -0.25) is 14.7 Å². The monoisotopic (exact) mass is 522 g/mol. The van der Waals surface area contributed by atoms with Gasteiger partial charge in [0.25, 0.3) is 5.69 Å². The van der Waals surface area contributed by atoms with E-state index in [9.17, 15) is 30.2 Å². The van der Waals surface area contributed by atoms with Crippen molar-refractivity contribution in [3.63, 3.8) is 0 Å². The van der Waals surface area contributed by atoms with Gasteiger partial charge < -0.3 is 15.3 Å². The summed E-state index contributed by atoms with van der Waals surface area (Å²) >= 11 is 0. The average Bonchev–Trinajstić information content (AvgIpc) is 3.17. The number of aromatic nitrogens is 1. The number of aryl methyl sites for hydroxylation is 2. The third-order valence-corrected chi connectivity index (χ3v) is 6.27. The molecule has 10 heteroatoms. The number of rotatable bonds is 6. The van der Waals surface area contributed by atoms with Crippen LogP contribution < -0.4 is 0 Å². The fraction of sp³-hybridized carbons (Fsp3) is 0.0690. The molecule has 0 fully saturated rings. The van der Waals surface area contributed by atoms with Crippen molar-refractivity contribution in [1.29, 1.82) is 0 Å². The van der Waals surface area contributed by atoms with Gasteiger partial charge in [-0.15, -0.1) is 10.2 Å². The maximum Gasteiger partial charge on any atom is 0.335 e. The van der Waals surface area contributed by atoms with Crippen LogP contribution >= 0.6 is 0 Å². The number of carboxylic acids is 1. The number of carbonyl (C=O) groups is 1. The minimum Gasteiger partial charge on any atom is -0.505 e. The molecule has 0 spiro atoms. The van der Waals surface area contributed by atoms with Crippen molar-refractivity contribution in [1.82, 2.24) is 4.57 Å². The minimum atomic E-state index is -1.15. The molecule has 39 heavy (non-hydrogen) atoms. The summed E-state index contributed by atoms with van der Waals surface area (Å²) < 4.78 is 1.34. The third-order valence-electron chi connectivity index (χ3n) is 6.27. The summed E-state index contributed by atoms with van der Waals surface area (Å²) in [6, 6.07) is 20.8. The molecule has 194 valence electrons. The highest BCUT2D eigenvalue weighted by molar-refractivity contribution is 5.98. The first-order chi connectivity index (χ1) is 18.6. The molecule has 3 N–H and O–H groups in total. The standard InChI is InChI=1S/C29H22N4O6/c1-16-11-17(2)13-19(12-16)22-7-4-8-24(27(22)34)30-31-26-23-15-21(33(38)39)9-10-25(23)32(28(26)35)20-6-3-5-18(14-20)29(36)37/h3-15,34-35H,1-2H3,(H,36,37). The first-order valence-corrected chi connectivity index (χ1v) is 11.8. The van der Waals surface area contributed by atoms with Crippen LogP contribution in [0.5, 0.6) is 11.6 Å². The molecule has 0 atom stereocenters. The number of aromatic carboxylic acids is 1. The number of azo groups is 1. The Hall–Kier alpha value is -5.51. The van der Waals surface area contributed by atoms with E-state index in [0.717, 1.165) is 16.7 Å². The van der Waals surface area contributed by atoms with Crippen LogP contribution in [0.4, 0.5) is 17.1 Å². The number of carboxylic acid groups (broad SMARTS) is 1. The fourth-order valence-electron chi connectivity index (χ4n) is 4.58. The highest BCUT2D eigenvalue weighted by atomic mass is 16.6. The zero-order chi connectivity index (χ0) is 27.8. The van der Waals surface area contributed by atoms with Gasteiger partial charge in [-0.05, 0) is 49.7 Å². The van der Waals surface area contributed by atoms with E-state index in [2.05, 4.69) is 10.2 Å². The lowest BCUT2D eigenvalue weighted by atomic mass is 9.99. The molecule has 5 aromatic rings. The minimum absolute atomic E-state index is 0.00744. The molecule has 0 unspecified atom stereocenters. The lowest BCUT2D eigenvalue weighted by Gasteiger charge is -2.09. The highest BCUT2D eigenvalue weighted by Crippen LogP contribution is 2.44. The number of para-hydroxylation sites is 1. The summed E-state index contributed by atoms with van der Waals surface area (Å²) in [7, 11) is 0. The van der Waals surface area contributed by atoms with E-state index in [-0.39, 0.29) is 33.8 Å². The first kappa shape index (κ1) is 25.2. The van der Waals surface area contributed by atoms with Crippen molar-refractivity contribution in [2.45, 2.75) is 13.8 Å². The van der Waals surface area contributed by atoms with E-state index in [1.807, 2.05) is 32.0 Å². The normalized spacial score (nSPS) is 11.3. The average molecular weight is 523 g/mol. The molecule has 0 aliphatic heterocycles. The van der Waals surface area contributed by atoms with Gasteiger partial charge in [0.15, 0.2) is 11.4 Å². The molecule has 0 radical (unpaired) electrons. The van der Waals surface area contributed by atoms with Crippen molar-refractivity contribution in [3.05, 3.63) is 106 Å². The molecule has 1 aromatic heterocycles. The second kappa shape index (κ2) is 9.75. The number of nitro benzene ring substituents is 1. The molecule has 1 heterocycles. The molecule has 0 aliphatic rings. The van der Waals surface area contributed by atoms with Crippen molar-refractivity contribution in [2.75, 3.05) is 0 Å². The van der Waals surface area contributed by atoms with Gasteiger partial charge in [0.05, 0.1) is 16.0 Å². The van der Waals surface area contributed by atoms with Gasteiger partial charge >= 0.3 is 5.97 Å². The van der Waals surface area contributed by atoms with E-state index in [1.165, 1.54) is 41.0 Å². The zero-order valence-corrected chi connectivity index (χ0v) is 20.9. The van der Waals surface area contributed by atoms with Crippen LogP contribution in [0.15, 0.2) is 89.1 Å². The maximum atomic E-state index is 11.5. The Morgan fingerprint density at radius 2 is 1.62 bits per heavy atom. The summed E-state index contributed by atoms with van der Waals surface area (Å²) in [5.41, 5.74) is 3.89. The fourth-order valence-corrected chi connectivity index (χ4v) is 4.58. The lowest BCUT2D eigenvalue weighted by molar-refractivity contribution is -0.384. The Balaban J connectivity index is 1.67. The van der Waals surface area contributed by atoms with Gasteiger partial charge in [-0.25, -0.2) is 4.79 Å². The molecule has 4 aromatic carbocycles. The third kappa shape index (κ3) is 4.66. The lowest BCUT2D eigenvalue weighted by Crippen LogP contribution is -1.99. The second-order valence-corrected chi connectivity index (χ2v) is 9.07. The number of benzene rings is 4. The SMILES string of the molecule is Cc1cc(C)cc(-c2cccc(N=Nc3c(O)n(-c4cccc(C(=O)O)c4)c4ccc([N+](=O)[O-])cc34)c2O)c1. The molecule has 0 saturated carbocycles. The summed E-state index contributed by atoms with van der Waals surface area (Å²) in [5, 5.41) is 51.7. The predicted molar refractivity (Wildman–Crippen MR) is 146 cm³/mol. The van der Waals surface area contributed by atoms with Gasteiger partial charge in [-0.1, -0.05) is 47.5 Å². The Morgan fingerprint density at radius 1 is 0.897 bits per heavy atom. The Morgan fingerprint density at radius 3 is 2.31 bits per heavy atom. The number of fused-ring (bicyclic) bond motifs is 1. The smallest absolute Gasteiger partial charge is 0.335 e. The van der Waals surface area contributed by atoms with E-state index < -0.39 is 16.8 Å². The highest BCUT2D eigenvalue weighted by Gasteiger charge is 2.22. The van der Waals surface area contributed by atoms with Crippen LogP contribution in [0.25, 0.3) is 27.7 Å². The Labute approximate surface area is 221 Å². The van der Waals surface area contributed by atoms with Gasteiger partial charge in [0.2, 0.25) is 5.88 Å². The Bertz CT molecular complexity index is 1800. The maximum absolute atomic E-state index is 11.5. The van der Waals surface area contributed by atoms with Crippen LogP contribution in [0.3, 0.4) is 0 Å². The molecule has 10 nitrogen and oxygen atoms in total. The molecular weight excluding hydrogens is 500 g/mol. The van der Waals surface area contributed by atoms with Gasteiger partial charge in [0, 0.05) is 28.8 Å². The molecule has 0 aliphatic carbocycles. The molecule has 0 amide bonds. The summed E-state index contributed by atoms with van der Waals surface area (Å²) in [6.45, 7) is 3.92. The molecular formula is C29H22N4O6. The van der Waals surface area contributed by atoms with E-state index >= 15 is 0 Å². The second-order valence-electron chi connectivity index (χ2n) is 9.07. The van der Waals surface area contributed by atoms with Crippen LogP contribution in [-0.2, 0) is 0 Å². The summed E-state index contributed by atoms with van der Waals surface area (Å²) in [4.78, 5) is 22.4. The van der Waals surface area contributed by atoms with Crippen molar-refractivity contribution >= 4 is 33.9 Å². The summed E-state index contributed by atoms with van der Waals surface area (Å²) in [6.07, 6.45) is 0. The van der Waals surface area contributed by atoms with Gasteiger partial charge in [0.1, 0.15) is 5.69 Å². The van der Waals surface area contributed by atoms with Crippen LogP contribution in [0.1, 0.15) is 21.5 Å². The number of non-ortho nitro benzene ring substituents is 1. The van der Waals surface area contributed by atoms with Crippen LogP contribution in [-0.4, -0.2) is 30.8 Å².